The average Bonchev–Trinajstić information content (AvgIpc) is 2.82. The minimum absolute atomic E-state index is 0.0649. The number of aromatic nitrogens is 2. The van der Waals surface area contributed by atoms with Crippen LogP contribution in [-0.2, 0) is 17.6 Å². The molecule has 7 heteroatoms. The monoisotopic (exact) mass is 325 g/mol. The van der Waals surface area contributed by atoms with Crippen LogP contribution in [0.2, 0.25) is 0 Å². The van der Waals surface area contributed by atoms with Crippen molar-refractivity contribution in [3.05, 3.63) is 10.4 Å². The molecule has 1 aliphatic carbocycles. The molecule has 0 spiro atoms. The van der Waals surface area contributed by atoms with Gasteiger partial charge in [0.2, 0.25) is 0 Å². The zero-order valence-electron chi connectivity index (χ0n) is 11.0. The first-order valence-electron chi connectivity index (χ1n) is 6.38. The molecule has 0 unspecified atom stereocenters. The lowest BCUT2D eigenvalue weighted by Gasteiger charge is -2.12. The Morgan fingerprint density at radius 2 is 2.15 bits per heavy atom. The molecule has 0 bridgehead atoms. The van der Waals surface area contributed by atoms with Gasteiger partial charge in [0, 0.05) is 16.0 Å². The summed E-state index contributed by atoms with van der Waals surface area (Å²) in [4.78, 5) is 22.2. The number of carbonyl (C=O) groups excluding carboxylic acids is 1. The zero-order valence-corrected chi connectivity index (χ0v) is 13.4. The molecule has 3 rings (SSSR count). The van der Waals surface area contributed by atoms with E-state index in [1.54, 1.807) is 11.3 Å². The maximum atomic E-state index is 10.7. The first-order chi connectivity index (χ1) is 9.69. The van der Waals surface area contributed by atoms with Gasteiger partial charge in [0.1, 0.15) is 9.86 Å². The average molecular weight is 325 g/mol. The normalized spacial score (nSPS) is 14.4. The van der Waals surface area contributed by atoms with Gasteiger partial charge in [-0.1, -0.05) is 23.5 Å². The topological polar surface area (TPSA) is 65.9 Å². The molecule has 106 valence electrons. The summed E-state index contributed by atoms with van der Waals surface area (Å²) in [6.07, 6.45) is 6.51. The van der Waals surface area contributed by atoms with E-state index < -0.39 is 5.97 Å². The second-order valence-electron chi connectivity index (χ2n) is 4.57. The van der Waals surface area contributed by atoms with E-state index in [1.165, 1.54) is 46.8 Å². The highest BCUT2D eigenvalue weighted by Crippen LogP contribution is 2.40. The van der Waals surface area contributed by atoms with Crippen molar-refractivity contribution >= 4 is 51.0 Å². The number of thiophene rings is 1. The summed E-state index contributed by atoms with van der Waals surface area (Å²) in [7, 11) is 0. The van der Waals surface area contributed by atoms with E-state index in [0.29, 0.717) is 5.16 Å². The molecule has 0 aliphatic heterocycles. The number of aliphatic carboxylic acids is 1. The number of hydrogen-bond donors (Lipinski definition) is 0. The molecule has 0 atom stereocenters. The van der Waals surface area contributed by atoms with Gasteiger partial charge < -0.3 is 9.90 Å². The number of carbonyl (C=O) groups is 1. The number of hydrogen-bond acceptors (Lipinski definition) is 7. The van der Waals surface area contributed by atoms with Gasteiger partial charge in [-0.05, 0) is 37.5 Å². The molecule has 2 heterocycles. The Kier molecular flexibility index (Phi) is 4.18. The number of thioether (sulfide) groups is 2. The molecule has 0 amide bonds. The van der Waals surface area contributed by atoms with Crippen molar-refractivity contribution in [3.8, 4) is 0 Å². The van der Waals surface area contributed by atoms with Crippen molar-refractivity contribution in [2.75, 3.05) is 12.0 Å². The summed E-state index contributed by atoms with van der Waals surface area (Å²) in [5, 5.41) is 13.3. The summed E-state index contributed by atoms with van der Waals surface area (Å²) in [6, 6.07) is 0. The van der Waals surface area contributed by atoms with Gasteiger partial charge in [-0.15, -0.1) is 11.3 Å². The summed E-state index contributed by atoms with van der Waals surface area (Å²) in [6.45, 7) is 0. The van der Waals surface area contributed by atoms with Crippen LogP contribution < -0.4 is 5.11 Å². The highest BCUT2D eigenvalue weighted by atomic mass is 32.2. The van der Waals surface area contributed by atoms with Crippen LogP contribution in [0.15, 0.2) is 10.2 Å². The second-order valence-corrected chi connectivity index (χ2v) is 7.39. The Morgan fingerprint density at radius 1 is 1.35 bits per heavy atom. The molecule has 2 aromatic heterocycles. The van der Waals surface area contributed by atoms with E-state index in [2.05, 4.69) is 9.97 Å². The molecular formula is C13H13N2O2S3-. The Balaban J connectivity index is 2.13. The minimum Gasteiger partial charge on any atom is -0.549 e. The highest BCUT2D eigenvalue weighted by Gasteiger charge is 2.21. The van der Waals surface area contributed by atoms with Gasteiger partial charge in [0.25, 0.3) is 0 Å². The first kappa shape index (κ1) is 14.2. The van der Waals surface area contributed by atoms with E-state index in [1.807, 2.05) is 6.26 Å². The molecule has 0 saturated carbocycles. The molecule has 20 heavy (non-hydrogen) atoms. The van der Waals surface area contributed by atoms with E-state index in [4.69, 9.17) is 0 Å². The number of fused-ring (bicyclic) bond motifs is 3. The van der Waals surface area contributed by atoms with E-state index in [9.17, 15) is 9.90 Å². The van der Waals surface area contributed by atoms with Crippen LogP contribution in [0.3, 0.4) is 0 Å². The molecule has 0 radical (unpaired) electrons. The maximum Gasteiger partial charge on any atom is 0.189 e. The summed E-state index contributed by atoms with van der Waals surface area (Å²) in [5.74, 6) is -1.12. The Bertz CT molecular complexity index is 669. The lowest BCUT2D eigenvalue weighted by atomic mass is 9.97. The summed E-state index contributed by atoms with van der Waals surface area (Å²) < 4.78 is 0. The quantitative estimate of drug-likeness (QED) is 0.487. The van der Waals surface area contributed by atoms with Crippen LogP contribution in [0.5, 0.6) is 0 Å². The molecule has 0 N–H and O–H groups in total. The van der Waals surface area contributed by atoms with Gasteiger partial charge in [0.05, 0.1) is 5.97 Å². The SMILES string of the molecule is CSc1nc(SCC(=O)[O-])c2c3c(sc2n1)CCCC3. The summed E-state index contributed by atoms with van der Waals surface area (Å²) in [5.41, 5.74) is 1.34. The van der Waals surface area contributed by atoms with Crippen LogP contribution in [0, 0.1) is 0 Å². The number of carboxylic acids is 1. The highest BCUT2D eigenvalue weighted by molar-refractivity contribution is 8.00. The number of nitrogens with zero attached hydrogens (tertiary/aromatic N) is 2. The lowest BCUT2D eigenvalue weighted by molar-refractivity contribution is -0.301. The third-order valence-corrected chi connectivity index (χ3v) is 5.95. The van der Waals surface area contributed by atoms with Crippen molar-refractivity contribution in [2.24, 2.45) is 0 Å². The van der Waals surface area contributed by atoms with Gasteiger partial charge in [-0.2, -0.15) is 0 Å². The van der Waals surface area contributed by atoms with Crippen molar-refractivity contribution < 1.29 is 9.90 Å². The number of carboxylic acid groups (broad SMARTS) is 1. The predicted molar refractivity (Wildman–Crippen MR) is 81.6 cm³/mol. The standard InChI is InChI=1S/C13H14N2O2S3/c1-18-13-14-11(19-6-9(16)17)10-7-4-2-3-5-8(7)20-12(10)15-13/h2-6H2,1H3,(H,16,17)/p-1. The summed E-state index contributed by atoms with van der Waals surface area (Å²) >= 11 is 4.47. The third kappa shape index (κ3) is 2.66. The van der Waals surface area contributed by atoms with Crippen molar-refractivity contribution in [3.63, 3.8) is 0 Å². The van der Waals surface area contributed by atoms with Crippen LogP contribution in [0.25, 0.3) is 10.2 Å². The fourth-order valence-corrected chi connectivity index (χ4v) is 5.00. The van der Waals surface area contributed by atoms with Gasteiger partial charge >= 0.3 is 0 Å². The molecule has 4 nitrogen and oxygen atoms in total. The van der Waals surface area contributed by atoms with Crippen LogP contribution in [-0.4, -0.2) is 27.9 Å². The zero-order chi connectivity index (χ0) is 14.1. The molecule has 1 aliphatic rings. The fourth-order valence-electron chi connectivity index (χ4n) is 2.43. The van der Waals surface area contributed by atoms with Crippen LogP contribution in [0.4, 0.5) is 0 Å². The molecular weight excluding hydrogens is 312 g/mol. The molecule has 2 aromatic rings. The molecule has 0 fully saturated rings. The molecule has 0 saturated heterocycles. The fraction of sp³-hybridized carbons (Fsp3) is 0.462. The van der Waals surface area contributed by atoms with E-state index >= 15 is 0 Å². The van der Waals surface area contributed by atoms with Gasteiger partial charge in [-0.3, -0.25) is 0 Å². The van der Waals surface area contributed by atoms with Gasteiger partial charge in [-0.25, -0.2) is 9.97 Å². The smallest absolute Gasteiger partial charge is 0.189 e. The Hall–Kier alpha value is -0.790. The predicted octanol–water partition coefficient (Wildman–Crippen LogP) is 2.13. The Labute approximate surface area is 129 Å². The van der Waals surface area contributed by atoms with Crippen LogP contribution in [0.1, 0.15) is 23.3 Å². The number of aryl methyl sites for hydroxylation is 2. The van der Waals surface area contributed by atoms with Crippen molar-refractivity contribution in [2.45, 2.75) is 35.9 Å². The van der Waals surface area contributed by atoms with E-state index in [-0.39, 0.29) is 5.75 Å². The third-order valence-electron chi connectivity index (χ3n) is 3.27. The second kappa shape index (κ2) is 5.91. The van der Waals surface area contributed by atoms with Crippen LogP contribution >= 0.6 is 34.9 Å². The van der Waals surface area contributed by atoms with Gasteiger partial charge in [0.15, 0.2) is 5.16 Å². The largest absolute Gasteiger partial charge is 0.549 e. The van der Waals surface area contributed by atoms with Crippen molar-refractivity contribution in [1.29, 1.82) is 0 Å². The Morgan fingerprint density at radius 3 is 2.90 bits per heavy atom. The van der Waals surface area contributed by atoms with Crippen molar-refractivity contribution in [1.82, 2.24) is 9.97 Å². The first-order valence-corrected chi connectivity index (χ1v) is 9.40. The maximum absolute atomic E-state index is 10.7. The lowest BCUT2D eigenvalue weighted by Crippen LogP contribution is -2.24. The van der Waals surface area contributed by atoms with E-state index in [0.717, 1.165) is 28.1 Å². The molecule has 0 aromatic carbocycles. The minimum atomic E-state index is -1.06. The number of rotatable bonds is 4.